The molecule has 0 aliphatic heterocycles. The molecule has 1 heterocycles. The number of carboxylic acid groups (broad SMARTS) is 1. The standard InChI is InChI=1S/C18H22N2O3/c19-14(9-12-11-20-15-6-2-1-5-13(12)15)16(21)10-18(17(22)23)7-3-4-8-18/h1-2,5-6,11,14,20H,3-4,7-10,19H2,(H,22,23). The van der Waals surface area contributed by atoms with E-state index in [0.29, 0.717) is 19.3 Å². The number of nitrogens with two attached hydrogens (primary N) is 1. The first-order chi connectivity index (χ1) is 11.0. The van der Waals surface area contributed by atoms with Crippen molar-refractivity contribution >= 4 is 22.7 Å². The molecule has 0 amide bonds. The van der Waals surface area contributed by atoms with Crippen LogP contribution in [0.1, 0.15) is 37.7 Å². The second-order valence-electron chi connectivity index (χ2n) is 6.61. The lowest BCUT2D eigenvalue weighted by molar-refractivity contribution is -0.151. The zero-order chi connectivity index (χ0) is 16.4. The van der Waals surface area contributed by atoms with Crippen LogP contribution in [0.5, 0.6) is 0 Å². The summed E-state index contributed by atoms with van der Waals surface area (Å²) in [5.74, 6) is -1.01. The van der Waals surface area contributed by atoms with E-state index in [2.05, 4.69) is 4.98 Å². The van der Waals surface area contributed by atoms with Gasteiger partial charge in [-0.2, -0.15) is 0 Å². The summed E-state index contributed by atoms with van der Waals surface area (Å²) in [7, 11) is 0. The molecule has 1 atom stereocenters. The summed E-state index contributed by atoms with van der Waals surface area (Å²) in [6.45, 7) is 0. The van der Waals surface area contributed by atoms with E-state index in [4.69, 9.17) is 5.73 Å². The van der Waals surface area contributed by atoms with Crippen molar-refractivity contribution in [2.24, 2.45) is 11.1 Å². The van der Waals surface area contributed by atoms with Crippen LogP contribution in [-0.2, 0) is 16.0 Å². The van der Waals surface area contributed by atoms with Crippen molar-refractivity contribution in [1.82, 2.24) is 4.98 Å². The van der Waals surface area contributed by atoms with Gasteiger partial charge < -0.3 is 15.8 Å². The molecule has 4 N–H and O–H groups in total. The zero-order valence-corrected chi connectivity index (χ0v) is 13.0. The van der Waals surface area contributed by atoms with E-state index in [1.807, 2.05) is 30.5 Å². The van der Waals surface area contributed by atoms with Crippen molar-refractivity contribution < 1.29 is 14.7 Å². The van der Waals surface area contributed by atoms with Crippen LogP contribution in [0.4, 0.5) is 0 Å². The highest BCUT2D eigenvalue weighted by atomic mass is 16.4. The van der Waals surface area contributed by atoms with Crippen LogP contribution < -0.4 is 5.73 Å². The van der Waals surface area contributed by atoms with Crippen LogP contribution in [-0.4, -0.2) is 27.9 Å². The van der Waals surface area contributed by atoms with Gasteiger partial charge in [0, 0.05) is 23.5 Å². The second-order valence-corrected chi connectivity index (χ2v) is 6.61. The Kier molecular flexibility index (Phi) is 4.22. The molecule has 1 aromatic carbocycles. The van der Waals surface area contributed by atoms with Gasteiger partial charge in [-0.05, 0) is 30.9 Å². The number of fused-ring (bicyclic) bond motifs is 1. The van der Waals surface area contributed by atoms with E-state index < -0.39 is 17.4 Å². The van der Waals surface area contributed by atoms with E-state index in [1.54, 1.807) is 0 Å². The number of benzene rings is 1. The number of H-pyrrole nitrogens is 1. The molecule has 1 aliphatic carbocycles. The van der Waals surface area contributed by atoms with E-state index in [1.165, 1.54) is 0 Å². The Bertz CT molecular complexity index is 729. The van der Waals surface area contributed by atoms with Crippen molar-refractivity contribution in [3.63, 3.8) is 0 Å². The quantitative estimate of drug-likeness (QED) is 0.763. The summed E-state index contributed by atoms with van der Waals surface area (Å²) in [5.41, 5.74) is 7.20. The van der Waals surface area contributed by atoms with Crippen LogP contribution in [0, 0.1) is 5.41 Å². The molecule has 5 heteroatoms. The molecule has 1 unspecified atom stereocenters. The summed E-state index contributed by atoms with van der Waals surface area (Å²) in [6.07, 6.45) is 5.25. The van der Waals surface area contributed by atoms with Gasteiger partial charge in [0.25, 0.3) is 0 Å². The van der Waals surface area contributed by atoms with Crippen molar-refractivity contribution in [3.05, 3.63) is 36.0 Å². The number of para-hydroxylation sites is 1. The minimum Gasteiger partial charge on any atom is -0.481 e. The number of hydrogen-bond donors (Lipinski definition) is 3. The molecule has 0 spiro atoms. The van der Waals surface area contributed by atoms with Crippen molar-refractivity contribution in [2.75, 3.05) is 0 Å². The van der Waals surface area contributed by atoms with Gasteiger partial charge in [-0.25, -0.2) is 0 Å². The SMILES string of the molecule is NC(Cc1c[nH]c2ccccc12)C(=O)CC1(C(=O)O)CCCC1. The molecule has 0 bridgehead atoms. The fourth-order valence-corrected chi connectivity index (χ4v) is 3.63. The Morgan fingerprint density at radius 1 is 1.26 bits per heavy atom. The largest absolute Gasteiger partial charge is 0.481 e. The first-order valence-corrected chi connectivity index (χ1v) is 8.08. The second kappa shape index (κ2) is 6.16. The number of nitrogens with one attached hydrogen (secondary N) is 1. The maximum Gasteiger partial charge on any atom is 0.310 e. The lowest BCUT2D eigenvalue weighted by Gasteiger charge is -2.24. The summed E-state index contributed by atoms with van der Waals surface area (Å²) in [4.78, 5) is 27.2. The van der Waals surface area contributed by atoms with Gasteiger partial charge in [-0.15, -0.1) is 0 Å². The number of aromatic nitrogens is 1. The van der Waals surface area contributed by atoms with Crippen molar-refractivity contribution in [1.29, 1.82) is 0 Å². The molecule has 3 rings (SSSR count). The van der Waals surface area contributed by atoms with Gasteiger partial charge in [-0.1, -0.05) is 31.0 Å². The van der Waals surface area contributed by atoms with E-state index in [0.717, 1.165) is 29.3 Å². The first-order valence-electron chi connectivity index (χ1n) is 8.08. The fourth-order valence-electron chi connectivity index (χ4n) is 3.63. The van der Waals surface area contributed by atoms with Crippen molar-refractivity contribution in [2.45, 2.75) is 44.6 Å². The predicted octanol–water partition coefficient (Wildman–Crippen LogP) is 2.64. The molecule has 1 saturated carbocycles. The maximum atomic E-state index is 12.5. The van der Waals surface area contributed by atoms with E-state index >= 15 is 0 Å². The number of aromatic amines is 1. The summed E-state index contributed by atoms with van der Waals surface area (Å²) in [6, 6.07) is 7.21. The normalized spacial score (nSPS) is 18.1. The Morgan fingerprint density at radius 3 is 2.65 bits per heavy atom. The molecule has 1 aromatic heterocycles. The molecule has 2 aromatic rings. The number of aliphatic carboxylic acids is 1. The van der Waals surface area contributed by atoms with Crippen LogP contribution in [0.2, 0.25) is 0 Å². The van der Waals surface area contributed by atoms with E-state index in [9.17, 15) is 14.7 Å². The van der Waals surface area contributed by atoms with Gasteiger partial charge in [0.15, 0.2) is 5.78 Å². The Morgan fingerprint density at radius 2 is 1.96 bits per heavy atom. The smallest absolute Gasteiger partial charge is 0.310 e. The number of carbonyl (C=O) groups is 2. The summed E-state index contributed by atoms with van der Waals surface area (Å²) in [5, 5.41) is 10.6. The number of carboxylic acids is 1. The third kappa shape index (κ3) is 3.01. The molecule has 1 fully saturated rings. The first kappa shape index (κ1) is 15.7. The van der Waals surface area contributed by atoms with Gasteiger partial charge >= 0.3 is 5.97 Å². The summed E-state index contributed by atoms with van der Waals surface area (Å²) >= 11 is 0. The Hall–Kier alpha value is -2.14. The van der Waals surface area contributed by atoms with Crippen LogP contribution in [0.25, 0.3) is 10.9 Å². The predicted molar refractivity (Wildman–Crippen MR) is 88.1 cm³/mol. The van der Waals surface area contributed by atoms with Crippen LogP contribution in [0.3, 0.4) is 0 Å². The fraction of sp³-hybridized carbons (Fsp3) is 0.444. The molecule has 5 nitrogen and oxygen atoms in total. The zero-order valence-electron chi connectivity index (χ0n) is 13.0. The van der Waals surface area contributed by atoms with Crippen LogP contribution in [0.15, 0.2) is 30.5 Å². The molecule has 122 valence electrons. The van der Waals surface area contributed by atoms with Crippen molar-refractivity contribution in [3.8, 4) is 0 Å². The highest BCUT2D eigenvalue weighted by molar-refractivity contribution is 5.91. The summed E-state index contributed by atoms with van der Waals surface area (Å²) < 4.78 is 0. The van der Waals surface area contributed by atoms with Gasteiger partial charge in [0.1, 0.15) is 0 Å². The molecule has 0 saturated heterocycles. The number of ketones is 1. The monoisotopic (exact) mass is 314 g/mol. The molecule has 23 heavy (non-hydrogen) atoms. The molecular weight excluding hydrogens is 292 g/mol. The third-order valence-electron chi connectivity index (χ3n) is 5.06. The molecular formula is C18H22N2O3. The Balaban J connectivity index is 1.71. The van der Waals surface area contributed by atoms with Gasteiger partial charge in [0.2, 0.25) is 0 Å². The number of hydrogen-bond acceptors (Lipinski definition) is 3. The number of rotatable bonds is 6. The lowest BCUT2D eigenvalue weighted by Crippen LogP contribution is -2.39. The van der Waals surface area contributed by atoms with Crippen LogP contribution >= 0.6 is 0 Å². The molecule has 0 radical (unpaired) electrons. The highest BCUT2D eigenvalue weighted by Gasteiger charge is 2.43. The molecule has 1 aliphatic rings. The highest BCUT2D eigenvalue weighted by Crippen LogP contribution is 2.41. The minimum atomic E-state index is -0.894. The minimum absolute atomic E-state index is 0.0475. The average Bonchev–Trinajstić information content (AvgIpc) is 3.16. The lowest BCUT2D eigenvalue weighted by atomic mass is 9.79. The average molecular weight is 314 g/mol. The number of carbonyl (C=O) groups excluding carboxylic acids is 1. The van der Waals surface area contributed by atoms with Gasteiger partial charge in [0.05, 0.1) is 11.5 Å². The van der Waals surface area contributed by atoms with Gasteiger partial charge in [-0.3, -0.25) is 9.59 Å². The Labute approximate surface area is 134 Å². The maximum absolute atomic E-state index is 12.5. The number of Topliss-reactive ketones (excluding diaryl/α,β-unsaturated/α-hetero) is 1. The van der Waals surface area contributed by atoms with E-state index in [-0.39, 0.29) is 12.2 Å². The third-order valence-corrected chi connectivity index (χ3v) is 5.06. The topological polar surface area (TPSA) is 96.2 Å².